The molecule has 1 heterocycles. The van der Waals surface area contributed by atoms with Crippen molar-refractivity contribution in [2.45, 2.75) is 12.6 Å². The minimum atomic E-state index is -4.43. The second-order valence-electron chi connectivity index (χ2n) is 4.69. The first-order valence-corrected chi connectivity index (χ1v) is 6.74. The predicted molar refractivity (Wildman–Crippen MR) is 77.7 cm³/mol. The van der Waals surface area contributed by atoms with Crippen LogP contribution in [0.2, 0.25) is 5.15 Å². The maximum absolute atomic E-state index is 12.8. The molecule has 0 atom stereocenters. The van der Waals surface area contributed by atoms with E-state index in [0.29, 0.717) is 13.0 Å². The number of halogens is 4. The third-order valence-corrected chi connectivity index (χ3v) is 3.27. The average molecular weight is 315 g/mol. The number of aromatic nitrogens is 1. The van der Waals surface area contributed by atoms with Gasteiger partial charge in [0.05, 0.1) is 5.56 Å². The topological polar surface area (TPSA) is 16.1 Å². The van der Waals surface area contributed by atoms with Gasteiger partial charge in [0.25, 0.3) is 0 Å². The quantitative estimate of drug-likeness (QED) is 0.776. The van der Waals surface area contributed by atoms with E-state index in [-0.39, 0.29) is 11.0 Å². The molecule has 0 spiro atoms. The van der Waals surface area contributed by atoms with Gasteiger partial charge in [-0.3, -0.25) is 0 Å². The van der Waals surface area contributed by atoms with Crippen LogP contribution in [0.5, 0.6) is 0 Å². The Bertz CT molecular complexity index is 600. The Hall–Kier alpha value is -1.75. The van der Waals surface area contributed by atoms with Crippen LogP contribution in [0.1, 0.15) is 11.1 Å². The lowest BCUT2D eigenvalue weighted by atomic mass is 10.1. The van der Waals surface area contributed by atoms with E-state index in [4.69, 9.17) is 11.6 Å². The van der Waals surface area contributed by atoms with Gasteiger partial charge in [0.2, 0.25) is 0 Å². The lowest BCUT2D eigenvalue weighted by Crippen LogP contribution is -2.22. The molecule has 1 aromatic carbocycles. The van der Waals surface area contributed by atoms with Crippen LogP contribution in [0.25, 0.3) is 0 Å². The van der Waals surface area contributed by atoms with Gasteiger partial charge in [0.1, 0.15) is 11.0 Å². The average Bonchev–Trinajstić information content (AvgIpc) is 2.44. The SMILES string of the molecule is CN(CCc1ccccc1)c1cc(C(F)(F)F)cc(Cl)n1. The number of benzene rings is 1. The van der Waals surface area contributed by atoms with Gasteiger partial charge in [0.15, 0.2) is 0 Å². The Morgan fingerprint density at radius 3 is 2.43 bits per heavy atom. The second-order valence-corrected chi connectivity index (χ2v) is 5.08. The Kier molecular flexibility index (Phi) is 4.73. The first kappa shape index (κ1) is 15.6. The van der Waals surface area contributed by atoms with Crippen molar-refractivity contribution in [2.24, 2.45) is 0 Å². The zero-order valence-electron chi connectivity index (χ0n) is 11.4. The molecule has 1 aromatic heterocycles. The van der Waals surface area contributed by atoms with Crippen LogP contribution in [0, 0.1) is 0 Å². The summed E-state index contributed by atoms with van der Waals surface area (Å²) in [5.74, 6) is 0.214. The summed E-state index contributed by atoms with van der Waals surface area (Å²) in [5.41, 5.74) is 0.325. The van der Waals surface area contributed by atoms with E-state index in [1.54, 1.807) is 11.9 Å². The summed E-state index contributed by atoms with van der Waals surface area (Å²) in [6.45, 7) is 0.550. The van der Waals surface area contributed by atoms with Crippen LogP contribution < -0.4 is 4.90 Å². The molecular weight excluding hydrogens is 301 g/mol. The molecule has 2 aromatic rings. The fourth-order valence-electron chi connectivity index (χ4n) is 1.90. The molecular formula is C15H14ClF3N2. The van der Waals surface area contributed by atoms with Crippen molar-refractivity contribution in [3.05, 3.63) is 58.7 Å². The van der Waals surface area contributed by atoms with Gasteiger partial charge >= 0.3 is 6.18 Å². The number of alkyl halides is 3. The van der Waals surface area contributed by atoms with Crippen molar-refractivity contribution in [2.75, 3.05) is 18.5 Å². The maximum Gasteiger partial charge on any atom is 0.416 e. The van der Waals surface area contributed by atoms with Crippen LogP contribution in [-0.2, 0) is 12.6 Å². The van der Waals surface area contributed by atoms with Gasteiger partial charge < -0.3 is 4.90 Å². The molecule has 21 heavy (non-hydrogen) atoms. The molecule has 6 heteroatoms. The summed E-state index contributed by atoms with van der Waals surface area (Å²) in [6.07, 6.45) is -3.71. The van der Waals surface area contributed by atoms with Crippen LogP contribution in [0.3, 0.4) is 0 Å². The lowest BCUT2D eigenvalue weighted by Gasteiger charge is -2.19. The fourth-order valence-corrected chi connectivity index (χ4v) is 2.10. The van der Waals surface area contributed by atoms with Crippen LogP contribution >= 0.6 is 11.6 Å². The predicted octanol–water partition coefficient (Wildman–Crippen LogP) is 4.43. The molecule has 0 amide bonds. The van der Waals surface area contributed by atoms with Crippen molar-refractivity contribution in [3.8, 4) is 0 Å². The fraction of sp³-hybridized carbons (Fsp3) is 0.267. The Morgan fingerprint density at radius 2 is 1.81 bits per heavy atom. The molecule has 0 aliphatic rings. The Morgan fingerprint density at radius 1 is 1.14 bits per heavy atom. The molecule has 0 bridgehead atoms. The highest BCUT2D eigenvalue weighted by molar-refractivity contribution is 6.29. The molecule has 0 unspecified atom stereocenters. The smallest absolute Gasteiger partial charge is 0.359 e. The highest BCUT2D eigenvalue weighted by atomic mass is 35.5. The molecule has 0 fully saturated rings. The highest BCUT2D eigenvalue weighted by Gasteiger charge is 2.31. The lowest BCUT2D eigenvalue weighted by molar-refractivity contribution is -0.137. The van der Waals surface area contributed by atoms with Gasteiger partial charge in [0, 0.05) is 13.6 Å². The molecule has 0 aliphatic carbocycles. The van der Waals surface area contributed by atoms with E-state index < -0.39 is 11.7 Å². The third kappa shape index (κ3) is 4.36. The minimum absolute atomic E-state index is 0.161. The number of hydrogen-bond donors (Lipinski definition) is 0. The summed E-state index contributed by atoms with van der Waals surface area (Å²) < 4.78 is 38.3. The van der Waals surface area contributed by atoms with Gasteiger partial charge in [-0.05, 0) is 24.1 Å². The van der Waals surface area contributed by atoms with E-state index in [2.05, 4.69) is 4.98 Å². The minimum Gasteiger partial charge on any atom is -0.359 e. The number of hydrogen-bond acceptors (Lipinski definition) is 2. The van der Waals surface area contributed by atoms with Gasteiger partial charge in [-0.15, -0.1) is 0 Å². The van der Waals surface area contributed by atoms with Crippen molar-refractivity contribution in [1.29, 1.82) is 0 Å². The summed E-state index contributed by atoms with van der Waals surface area (Å²) in [7, 11) is 1.70. The Labute approximate surface area is 126 Å². The summed E-state index contributed by atoms with van der Waals surface area (Å²) in [6, 6.07) is 11.6. The molecule has 0 radical (unpaired) electrons. The van der Waals surface area contributed by atoms with Crippen molar-refractivity contribution < 1.29 is 13.2 Å². The monoisotopic (exact) mass is 314 g/mol. The summed E-state index contributed by atoms with van der Waals surface area (Å²) >= 11 is 5.68. The number of nitrogens with zero attached hydrogens (tertiary/aromatic N) is 2. The molecule has 0 aliphatic heterocycles. The van der Waals surface area contributed by atoms with Crippen molar-refractivity contribution in [1.82, 2.24) is 4.98 Å². The number of anilines is 1. The molecule has 2 nitrogen and oxygen atoms in total. The number of pyridine rings is 1. The van der Waals surface area contributed by atoms with Gasteiger partial charge in [-0.25, -0.2) is 4.98 Å². The zero-order chi connectivity index (χ0) is 15.5. The molecule has 0 saturated carbocycles. The summed E-state index contributed by atoms with van der Waals surface area (Å²) in [5, 5.41) is -0.161. The highest BCUT2D eigenvalue weighted by Crippen LogP contribution is 2.32. The van der Waals surface area contributed by atoms with Crippen LogP contribution in [-0.4, -0.2) is 18.6 Å². The van der Waals surface area contributed by atoms with E-state index in [0.717, 1.165) is 17.7 Å². The molecule has 2 rings (SSSR count). The van der Waals surface area contributed by atoms with Gasteiger partial charge in [-0.2, -0.15) is 13.2 Å². The third-order valence-electron chi connectivity index (χ3n) is 3.08. The normalized spacial score (nSPS) is 11.5. The second kappa shape index (κ2) is 6.35. The van der Waals surface area contributed by atoms with Crippen LogP contribution in [0.15, 0.2) is 42.5 Å². The van der Waals surface area contributed by atoms with Crippen molar-refractivity contribution in [3.63, 3.8) is 0 Å². The molecule has 112 valence electrons. The largest absolute Gasteiger partial charge is 0.416 e. The Balaban J connectivity index is 2.12. The van der Waals surface area contributed by atoms with Gasteiger partial charge in [-0.1, -0.05) is 41.9 Å². The zero-order valence-corrected chi connectivity index (χ0v) is 12.1. The van der Waals surface area contributed by atoms with E-state index in [1.165, 1.54) is 0 Å². The first-order valence-electron chi connectivity index (χ1n) is 6.36. The van der Waals surface area contributed by atoms with E-state index in [9.17, 15) is 13.2 Å². The number of likely N-dealkylation sites (N-methyl/N-ethyl adjacent to an activating group) is 1. The van der Waals surface area contributed by atoms with Crippen molar-refractivity contribution >= 4 is 17.4 Å². The molecule has 0 N–H and O–H groups in total. The molecule has 0 saturated heterocycles. The van der Waals surface area contributed by atoms with E-state index >= 15 is 0 Å². The van der Waals surface area contributed by atoms with E-state index in [1.807, 2.05) is 30.3 Å². The number of rotatable bonds is 4. The standard InChI is InChI=1S/C15H14ClF3N2/c1-21(8-7-11-5-3-2-4-6-11)14-10-12(15(17,18)19)9-13(16)20-14/h2-6,9-10H,7-8H2,1H3. The van der Waals surface area contributed by atoms with Crippen LogP contribution in [0.4, 0.5) is 19.0 Å². The summed E-state index contributed by atoms with van der Waals surface area (Å²) in [4.78, 5) is 5.61. The first-order chi connectivity index (χ1) is 9.86. The maximum atomic E-state index is 12.8.